The van der Waals surface area contributed by atoms with Crippen LogP contribution in [0.1, 0.15) is 54.4 Å². The van der Waals surface area contributed by atoms with Gasteiger partial charge in [-0.1, -0.05) is 27.7 Å². The highest BCUT2D eigenvalue weighted by atomic mass is 16.8. The van der Waals surface area contributed by atoms with Crippen molar-refractivity contribution < 1.29 is 292 Å². The van der Waals surface area contributed by atoms with Gasteiger partial charge in [0, 0.05) is 36.5 Å². The van der Waals surface area contributed by atoms with Gasteiger partial charge in [-0.15, -0.1) is 0 Å². The molecule has 61 nitrogen and oxygen atoms in total. The molecule has 144 heavy (non-hydrogen) atoms. The Hall–Kier alpha value is -3.34. The molecule has 0 aromatic heterocycles. The van der Waals surface area contributed by atoms with Crippen LogP contribution in [-0.4, -0.2) is 613 Å². The summed E-state index contributed by atoms with van der Waals surface area (Å²) in [5.74, 6) is -15.0. The van der Waals surface area contributed by atoms with Crippen molar-refractivity contribution in [2.45, 2.75) is 409 Å². The summed E-state index contributed by atoms with van der Waals surface area (Å²) in [4.78, 5) is 25.7. The lowest BCUT2D eigenvalue weighted by atomic mass is 9.88. The smallest absolute Gasteiger partial charge is 0.364 e. The van der Waals surface area contributed by atoms with Crippen molar-refractivity contribution in [3.05, 3.63) is 0 Å². The average Bonchev–Trinajstić information content (AvgIpc) is 0.760. The fourth-order valence-corrected chi connectivity index (χ4v) is 19.3. The molecule has 12 heterocycles. The molecule has 0 aromatic carbocycles. The lowest BCUT2D eigenvalue weighted by Crippen LogP contribution is -2.68. The van der Waals surface area contributed by atoms with Gasteiger partial charge in [0.1, 0.15) is 226 Å². The van der Waals surface area contributed by atoms with Gasteiger partial charge in [-0.2, -0.15) is 0 Å². The summed E-state index contributed by atoms with van der Waals surface area (Å²) in [6, 6.07) is -3.19. The summed E-state index contributed by atoms with van der Waals surface area (Å²) in [7, 11) is 0. The Morgan fingerprint density at radius 1 is 0.285 bits per heavy atom. The van der Waals surface area contributed by atoms with Gasteiger partial charge in [-0.05, 0) is 13.8 Å². The fraction of sp³-hybridized carbons (Fsp3) is 0.976. The molecule has 12 aliphatic rings. The van der Waals surface area contributed by atoms with E-state index in [-0.39, 0.29) is 0 Å². The van der Waals surface area contributed by atoms with Crippen LogP contribution in [0.25, 0.3) is 0 Å². The summed E-state index contributed by atoms with van der Waals surface area (Å²) < 4.78 is 138. The summed E-state index contributed by atoms with van der Waals surface area (Å²) in [5.41, 5.74) is 12.0. The molecule has 0 aliphatic carbocycles. The van der Waals surface area contributed by atoms with E-state index < -0.39 is 476 Å². The Morgan fingerprint density at radius 2 is 0.583 bits per heavy atom. The van der Waals surface area contributed by atoms with E-state index in [0.29, 0.717) is 0 Å². The van der Waals surface area contributed by atoms with E-state index in [2.05, 4.69) is 0 Å². The molecule has 0 amide bonds. The van der Waals surface area contributed by atoms with E-state index in [1.54, 1.807) is 13.8 Å². The maximum absolute atomic E-state index is 12.9. The molecule has 0 bridgehead atoms. The number of aliphatic carboxylic acids is 2. The van der Waals surface area contributed by atoms with E-state index >= 15 is 0 Å². The highest BCUT2D eigenvalue weighted by Gasteiger charge is 2.64. The molecule has 12 fully saturated rings. The van der Waals surface area contributed by atoms with Gasteiger partial charge in [0.15, 0.2) is 56.6 Å². The number of hydrogen-bond donors (Lipinski definition) is 36. The Kier molecular flexibility index (Phi) is 41.8. The molecule has 0 saturated carbocycles. The van der Waals surface area contributed by atoms with Crippen LogP contribution in [0.5, 0.6) is 0 Å². The molecular weight excluding hydrogens is 1970 g/mol. The molecule has 38 N–H and O–H groups in total. The summed E-state index contributed by atoms with van der Waals surface area (Å²) in [6.45, 7) is -3.46. The van der Waals surface area contributed by atoms with Crippen molar-refractivity contribution in [1.29, 1.82) is 0 Å². The van der Waals surface area contributed by atoms with Crippen LogP contribution in [0.2, 0.25) is 0 Å². The summed E-state index contributed by atoms with van der Waals surface area (Å²) in [6.07, 6.45) is -108. The Labute approximate surface area is 818 Å². The number of nitrogens with two attached hydrogens (primary N) is 2. The second kappa shape index (κ2) is 50.5. The average molecular weight is 2110 g/mol. The van der Waals surface area contributed by atoms with Crippen LogP contribution < -0.4 is 11.5 Å². The monoisotopic (exact) mass is 2110 g/mol. The second-order valence-electron chi connectivity index (χ2n) is 38.6. The number of carboxylic acid groups (broad SMARTS) is 2. The summed E-state index contributed by atoms with van der Waals surface area (Å²) >= 11 is 0. The van der Waals surface area contributed by atoms with E-state index in [1.807, 2.05) is 0 Å². The lowest BCUT2D eigenvalue weighted by molar-refractivity contribution is -0.402. The first kappa shape index (κ1) is 119. The minimum Gasteiger partial charge on any atom is -0.477 e. The third kappa shape index (κ3) is 24.9. The minimum atomic E-state index is -2.98. The molecular formula is C83H142N2O59. The van der Waals surface area contributed by atoms with Crippen LogP contribution in [-0.2, 0) is 119 Å². The number of rotatable bonds is 39. The molecule has 0 aromatic rings. The molecule has 12 rings (SSSR count). The first-order valence-corrected chi connectivity index (χ1v) is 47.1. The lowest BCUT2D eigenvalue weighted by Gasteiger charge is -2.51. The van der Waals surface area contributed by atoms with E-state index in [4.69, 9.17) is 120 Å². The van der Waals surface area contributed by atoms with Crippen LogP contribution in [0.3, 0.4) is 0 Å². The van der Waals surface area contributed by atoms with Crippen molar-refractivity contribution in [3.63, 3.8) is 0 Å². The number of aliphatic hydroxyl groups excluding tert-OH is 32. The zero-order valence-electron chi connectivity index (χ0n) is 78.4. The van der Waals surface area contributed by atoms with Crippen molar-refractivity contribution >= 4 is 11.9 Å². The first-order chi connectivity index (χ1) is 67.8. The van der Waals surface area contributed by atoms with Crippen LogP contribution >= 0.6 is 0 Å². The van der Waals surface area contributed by atoms with Crippen molar-refractivity contribution in [1.82, 2.24) is 0 Å². The van der Waals surface area contributed by atoms with Crippen molar-refractivity contribution in [3.8, 4) is 0 Å². The third-order valence-electron chi connectivity index (χ3n) is 28.9. The summed E-state index contributed by atoms with van der Waals surface area (Å²) in [5, 5.41) is 378. The first-order valence-electron chi connectivity index (χ1n) is 47.1. The predicted octanol–water partition coefficient (Wildman–Crippen LogP) is -21.6. The maximum Gasteiger partial charge on any atom is 0.364 e. The standard InChI is InChI=1S/C83H142N2O59/c1-20-24(5)126-38(17-122-74-58(114)53(109)45(101)25(6)127-74)65(41(20)97)136-71-21(2)42(98)64(34(15-92)130-71)139-77-61(117)68(140-79-70(57(113)49(105)31(12-89)129-79)142-73-23(4)44(100)63(33(14-91)132-73)138-76-60(116)55(111)51(107)37(135-76)19-125-83(81(120)121)8-27(94)40(85)67(144-83)47(103)29(96)10-87)52(108)35(133-77)16-123-78-69(56(112)48(104)30(11-88)128-78)141-72-22(3)43(99)62(32(13-90)131-72)137-75-59(115)54(110)50(106)36(134-75)18-124-82(80(118)119)7-26(93)39(84)66(143-82)46(102)28(95)9-86/h20-79,86-117H,7-19,84-85H2,1-6H3,(H,118,119)(H,120,121)/t20?,21-,22?,23-,24-,25-,26+,27+,28+,29+,30?,31+,32-,33?,34?,35?,36?,37?,38?,39+,40+,41?,42?,43?,44?,45+,46+,47+,48+,49+,50-,51-,52+,53?,54?,55?,56?,57?,58?,59-,60-,61+,62+,63+,64+,65+,66?,67?,68?,69+,70?,71-,72-,73-,74+,75-,76-,77-,78-,79+,82+,83+/m0/s1. The number of aliphatic hydroxyl groups is 32. The molecule has 61 heteroatoms. The van der Waals surface area contributed by atoms with Crippen LogP contribution in [0.4, 0.5) is 0 Å². The minimum absolute atomic E-state index is 0.529. The van der Waals surface area contributed by atoms with Gasteiger partial charge in [0.25, 0.3) is 11.6 Å². The normalized spacial score (nSPS) is 51.5. The second-order valence-corrected chi connectivity index (χ2v) is 38.6. The molecule has 838 valence electrons. The molecule has 62 atom stereocenters. The van der Waals surface area contributed by atoms with Gasteiger partial charge < -0.3 is 294 Å². The van der Waals surface area contributed by atoms with Crippen molar-refractivity contribution in [2.75, 3.05) is 72.7 Å². The van der Waals surface area contributed by atoms with Gasteiger partial charge in [-0.25, -0.2) is 9.59 Å². The Bertz CT molecular complexity index is 3940. The molecule has 23 unspecified atom stereocenters. The zero-order valence-corrected chi connectivity index (χ0v) is 78.4. The highest BCUT2D eigenvalue weighted by molar-refractivity contribution is 5.76. The molecule has 0 radical (unpaired) electrons. The van der Waals surface area contributed by atoms with E-state index in [0.717, 1.165) is 0 Å². The van der Waals surface area contributed by atoms with E-state index in [9.17, 15) is 183 Å². The molecule has 12 saturated heterocycles. The van der Waals surface area contributed by atoms with Gasteiger partial charge in [-0.3, -0.25) is 0 Å². The fourth-order valence-electron chi connectivity index (χ4n) is 19.3. The van der Waals surface area contributed by atoms with Gasteiger partial charge in [0.2, 0.25) is 0 Å². The zero-order chi connectivity index (χ0) is 106. The largest absolute Gasteiger partial charge is 0.477 e. The third-order valence-corrected chi connectivity index (χ3v) is 28.9. The maximum atomic E-state index is 12.9. The Morgan fingerprint density at radius 3 is 0.972 bits per heavy atom. The number of carbonyl (C=O) groups is 2. The van der Waals surface area contributed by atoms with Gasteiger partial charge >= 0.3 is 11.9 Å². The quantitative estimate of drug-likeness (QED) is 0.0272. The topological polar surface area (TPSA) is 986 Å². The van der Waals surface area contributed by atoms with Crippen LogP contribution in [0, 0.1) is 23.7 Å². The number of ether oxygens (including phenoxy) is 23. The SMILES string of the molecule is CC1C(O)[C@H](O[C@@H]2OC(CO[C@]3(C(=O)O)C[C@@H](O)[C@@H](N)C([C@H](O)[C@H](O)CO)O3)[C@H](O)C(O)[C@@H]2O)[C@H](CO)O[C@H]1O[C@@H]1C(O)[C@H](O)C(CO)O[C@@H]1OCC1O[C@@H](O[C@@H]2C(CO)O[C@@H](O[C@@H]3C(CO[C@@H]4O[C@@H](C)[C@@H](O)C(O)C4O)O[C@@H](C)C(C)C3O)[C@@H](C)C2O)[C@H](O)C(O[C@H]2O[C@H](CO)[C@@H](O)C(O)C2O[C@@H]2OC(CO)[C@@H](O[C@@H]3OC(CO[C@]4(C(=O)O)C[C@@H](O)[C@@H](N)C([C@H](O)[C@H](O)CO)O4)[C@H](O)C(O)[C@@H]3O)C(O)[C@@H]2C)[C@@H]1O. The predicted molar refractivity (Wildman–Crippen MR) is 448 cm³/mol. The molecule has 0 spiro atoms. The van der Waals surface area contributed by atoms with Crippen LogP contribution in [0.15, 0.2) is 0 Å². The molecule has 12 aliphatic heterocycles. The highest BCUT2D eigenvalue weighted by Crippen LogP contribution is 2.45. The number of carboxylic acids is 2. The van der Waals surface area contributed by atoms with Gasteiger partial charge in [0.05, 0.1) is 134 Å². The number of hydrogen-bond acceptors (Lipinski definition) is 59. The van der Waals surface area contributed by atoms with E-state index in [1.165, 1.54) is 27.7 Å². The Balaban J connectivity index is 0.791. The van der Waals surface area contributed by atoms with Crippen molar-refractivity contribution in [2.24, 2.45) is 35.1 Å².